The van der Waals surface area contributed by atoms with Crippen molar-refractivity contribution in [1.82, 2.24) is 4.98 Å². The first-order valence-electron chi connectivity index (χ1n) is 7.56. The predicted molar refractivity (Wildman–Crippen MR) is 108 cm³/mol. The maximum Gasteiger partial charge on any atom is 0.263 e. The van der Waals surface area contributed by atoms with Crippen molar-refractivity contribution in [2.75, 3.05) is 4.72 Å². The zero-order chi connectivity index (χ0) is 18.7. The SMILES string of the molecule is CCc1cc(F)ccc1Oc1ccc(S(=O)(=O)Nc2cscn2)cc1I. The third kappa shape index (κ3) is 4.33. The first-order chi connectivity index (χ1) is 12.4. The highest BCUT2D eigenvalue weighted by molar-refractivity contribution is 14.1. The van der Waals surface area contributed by atoms with Crippen molar-refractivity contribution in [3.05, 3.63) is 62.2 Å². The van der Waals surface area contributed by atoms with Crippen LogP contribution in [0.25, 0.3) is 0 Å². The minimum atomic E-state index is -3.73. The van der Waals surface area contributed by atoms with Gasteiger partial charge in [-0.3, -0.25) is 4.72 Å². The number of rotatable bonds is 6. The average molecular weight is 504 g/mol. The highest BCUT2D eigenvalue weighted by Crippen LogP contribution is 2.31. The number of hydrogen-bond donors (Lipinski definition) is 1. The van der Waals surface area contributed by atoms with E-state index in [1.165, 1.54) is 35.6 Å². The number of halogens is 2. The number of sulfonamides is 1. The van der Waals surface area contributed by atoms with E-state index in [4.69, 9.17) is 4.74 Å². The molecule has 1 N–H and O–H groups in total. The van der Waals surface area contributed by atoms with Crippen molar-refractivity contribution in [2.45, 2.75) is 18.2 Å². The molecule has 26 heavy (non-hydrogen) atoms. The van der Waals surface area contributed by atoms with Gasteiger partial charge in [0.05, 0.1) is 14.0 Å². The Morgan fingerprint density at radius 1 is 1.23 bits per heavy atom. The van der Waals surface area contributed by atoms with Crippen LogP contribution in [-0.2, 0) is 16.4 Å². The molecule has 0 atom stereocenters. The third-order valence-corrected chi connectivity index (χ3v) is 6.29. The minimum absolute atomic E-state index is 0.108. The first kappa shape index (κ1) is 19.1. The number of anilines is 1. The van der Waals surface area contributed by atoms with Crippen LogP contribution >= 0.6 is 33.9 Å². The van der Waals surface area contributed by atoms with E-state index in [9.17, 15) is 12.8 Å². The Bertz CT molecular complexity index is 1020. The second-order valence-corrected chi connectivity index (χ2v) is 8.84. The van der Waals surface area contributed by atoms with Gasteiger partial charge in [-0.2, -0.15) is 0 Å². The number of thiazole rings is 1. The molecule has 5 nitrogen and oxygen atoms in total. The number of ether oxygens (including phenoxy) is 1. The highest BCUT2D eigenvalue weighted by Gasteiger charge is 2.17. The number of nitrogens with one attached hydrogen (secondary N) is 1. The van der Waals surface area contributed by atoms with E-state index < -0.39 is 10.0 Å². The Kier molecular flexibility index (Phi) is 5.78. The van der Waals surface area contributed by atoms with Gasteiger partial charge in [-0.05, 0) is 71.0 Å². The summed E-state index contributed by atoms with van der Waals surface area (Å²) in [5.41, 5.74) is 2.29. The fraction of sp³-hybridized carbons (Fsp3) is 0.118. The Hall–Kier alpha value is -1.72. The molecular formula is C17H14FIN2O3S2. The Morgan fingerprint density at radius 2 is 2.00 bits per heavy atom. The van der Waals surface area contributed by atoms with E-state index >= 15 is 0 Å². The van der Waals surface area contributed by atoms with Crippen molar-refractivity contribution in [3.63, 3.8) is 0 Å². The lowest BCUT2D eigenvalue weighted by Crippen LogP contribution is -2.13. The molecule has 9 heteroatoms. The van der Waals surface area contributed by atoms with Gasteiger partial charge in [0.25, 0.3) is 10.0 Å². The molecule has 0 bridgehead atoms. The van der Waals surface area contributed by atoms with Gasteiger partial charge in [0.15, 0.2) is 5.82 Å². The summed E-state index contributed by atoms with van der Waals surface area (Å²) in [5.74, 6) is 1.00. The molecule has 2 aromatic carbocycles. The maximum atomic E-state index is 13.4. The molecule has 136 valence electrons. The van der Waals surface area contributed by atoms with E-state index in [1.54, 1.807) is 23.0 Å². The summed E-state index contributed by atoms with van der Waals surface area (Å²) in [6, 6.07) is 8.89. The molecule has 0 unspecified atom stereocenters. The summed E-state index contributed by atoms with van der Waals surface area (Å²) in [4.78, 5) is 4.03. The molecule has 1 aromatic heterocycles. The highest BCUT2D eigenvalue weighted by atomic mass is 127. The van der Waals surface area contributed by atoms with Crippen molar-refractivity contribution in [2.24, 2.45) is 0 Å². The normalized spacial score (nSPS) is 11.3. The molecule has 0 aliphatic carbocycles. The average Bonchev–Trinajstić information content (AvgIpc) is 3.10. The summed E-state index contributed by atoms with van der Waals surface area (Å²) >= 11 is 3.31. The van der Waals surface area contributed by atoms with Gasteiger partial charge in [0.2, 0.25) is 0 Å². The number of aryl methyl sites for hydroxylation is 1. The van der Waals surface area contributed by atoms with Crippen LogP contribution < -0.4 is 9.46 Å². The maximum absolute atomic E-state index is 13.4. The molecule has 3 aromatic rings. The lowest BCUT2D eigenvalue weighted by atomic mass is 10.1. The number of aromatic nitrogens is 1. The van der Waals surface area contributed by atoms with Crippen LogP contribution in [0.1, 0.15) is 12.5 Å². The largest absolute Gasteiger partial charge is 0.456 e. The van der Waals surface area contributed by atoms with Gasteiger partial charge in [0.1, 0.15) is 17.3 Å². The number of benzene rings is 2. The van der Waals surface area contributed by atoms with Crippen molar-refractivity contribution in [3.8, 4) is 11.5 Å². The molecular weight excluding hydrogens is 490 g/mol. The molecule has 0 radical (unpaired) electrons. The lowest BCUT2D eigenvalue weighted by Gasteiger charge is -2.13. The van der Waals surface area contributed by atoms with Crippen LogP contribution in [0.4, 0.5) is 10.2 Å². The Labute approximate surface area is 168 Å². The number of nitrogens with zero attached hydrogens (tertiary/aromatic N) is 1. The topological polar surface area (TPSA) is 68.3 Å². The van der Waals surface area contributed by atoms with Gasteiger partial charge < -0.3 is 4.74 Å². The molecule has 3 rings (SSSR count). The summed E-state index contributed by atoms with van der Waals surface area (Å²) < 4.78 is 47.1. The summed E-state index contributed by atoms with van der Waals surface area (Å²) in [5, 5.41) is 1.61. The van der Waals surface area contributed by atoms with Crippen molar-refractivity contribution in [1.29, 1.82) is 0 Å². The van der Waals surface area contributed by atoms with E-state index in [2.05, 4.69) is 9.71 Å². The van der Waals surface area contributed by atoms with E-state index in [-0.39, 0.29) is 16.5 Å². The fourth-order valence-corrected chi connectivity index (χ4v) is 4.65. The molecule has 0 amide bonds. The van der Waals surface area contributed by atoms with E-state index in [0.717, 1.165) is 5.56 Å². The van der Waals surface area contributed by atoms with Gasteiger partial charge >= 0.3 is 0 Å². The third-order valence-electron chi connectivity index (χ3n) is 3.51. The summed E-state index contributed by atoms with van der Waals surface area (Å²) in [6.07, 6.45) is 0.619. The molecule has 1 heterocycles. The second kappa shape index (κ2) is 7.89. The quantitative estimate of drug-likeness (QED) is 0.478. The molecule has 0 saturated heterocycles. The molecule has 0 spiro atoms. The zero-order valence-electron chi connectivity index (χ0n) is 13.6. The molecule has 0 aliphatic rings. The Balaban J connectivity index is 1.86. The smallest absolute Gasteiger partial charge is 0.263 e. The van der Waals surface area contributed by atoms with Gasteiger partial charge in [-0.1, -0.05) is 6.92 Å². The Morgan fingerprint density at radius 3 is 2.65 bits per heavy atom. The molecule has 0 aliphatic heterocycles. The van der Waals surface area contributed by atoms with E-state index in [1.807, 2.05) is 29.5 Å². The lowest BCUT2D eigenvalue weighted by molar-refractivity contribution is 0.470. The summed E-state index contributed by atoms with van der Waals surface area (Å²) in [7, 11) is -3.73. The van der Waals surface area contributed by atoms with Crippen LogP contribution in [0.2, 0.25) is 0 Å². The van der Waals surface area contributed by atoms with E-state index in [0.29, 0.717) is 21.5 Å². The van der Waals surface area contributed by atoms with Crippen LogP contribution in [-0.4, -0.2) is 13.4 Å². The fourth-order valence-electron chi connectivity index (χ4n) is 2.23. The van der Waals surface area contributed by atoms with Crippen LogP contribution in [0, 0.1) is 9.39 Å². The minimum Gasteiger partial charge on any atom is -0.456 e. The first-order valence-corrected chi connectivity index (χ1v) is 11.1. The summed E-state index contributed by atoms with van der Waals surface area (Å²) in [6.45, 7) is 1.91. The van der Waals surface area contributed by atoms with Gasteiger partial charge in [-0.15, -0.1) is 11.3 Å². The predicted octanol–water partition coefficient (Wildman–Crippen LogP) is 5.04. The number of hydrogen-bond acceptors (Lipinski definition) is 5. The molecule has 0 saturated carbocycles. The van der Waals surface area contributed by atoms with Crippen molar-refractivity contribution < 1.29 is 17.5 Å². The van der Waals surface area contributed by atoms with Crippen LogP contribution in [0.3, 0.4) is 0 Å². The monoisotopic (exact) mass is 504 g/mol. The van der Waals surface area contributed by atoms with Crippen molar-refractivity contribution >= 4 is 49.8 Å². The van der Waals surface area contributed by atoms with Gasteiger partial charge in [0, 0.05) is 5.38 Å². The van der Waals surface area contributed by atoms with Gasteiger partial charge in [-0.25, -0.2) is 17.8 Å². The van der Waals surface area contributed by atoms with Crippen LogP contribution in [0.5, 0.6) is 11.5 Å². The van der Waals surface area contributed by atoms with Crippen LogP contribution in [0.15, 0.2) is 52.2 Å². The zero-order valence-corrected chi connectivity index (χ0v) is 17.4. The second-order valence-electron chi connectivity index (χ2n) is 5.28. The molecule has 0 fully saturated rings. The standard InChI is InChI=1S/C17H14FIN2O3S2/c1-2-11-7-12(18)3-5-15(11)24-16-6-4-13(8-14(16)19)26(22,23)21-17-9-25-10-20-17/h3-10,21H,2H2,1H3.